The number of amidine groups is 1. The SMILES string of the molecule is CC(C)(Sc1ccc(OC(F)(F)F)cc1)/C(=N\C#N)NC1C2CC3CC1CC(C(N)=O)(C3)C2. The van der Waals surface area contributed by atoms with E-state index in [1.54, 1.807) is 12.1 Å². The molecule has 3 N–H and O–H groups in total. The number of primary amides is 1. The molecule has 4 aliphatic rings. The van der Waals surface area contributed by atoms with Gasteiger partial charge in [-0.3, -0.25) is 4.79 Å². The number of hydrogen-bond donors (Lipinski definition) is 2. The maximum atomic E-state index is 12.4. The Morgan fingerprint density at radius 1 is 1.21 bits per heavy atom. The van der Waals surface area contributed by atoms with Gasteiger partial charge in [-0.1, -0.05) is 0 Å². The Morgan fingerprint density at radius 3 is 2.33 bits per heavy atom. The molecule has 4 saturated carbocycles. The van der Waals surface area contributed by atoms with Crippen molar-refractivity contribution in [2.24, 2.45) is 33.9 Å². The van der Waals surface area contributed by atoms with Crippen LogP contribution in [0.15, 0.2) is 34.2 Å². The lowest BCUT2D eigenvalue weighted by atomic mass is 9.47. The normalized spacial score (nSPS) is 31.2. The lowest BCUT2D eigenvalue weighted by Gasteiger charge is -2.59. The van der Waals surface area contributed by atoms with E-state index in [4.69, 9.17) is 5.73 Å². The lowest BCUT2D eigenvalue weighted by molar-refractivity contribution is -0.274. The quantitative estimate of drug-likeness (QED) is 0.268. The van der Waals surface area contributed by atoms with Gasteiger partial charge in [0.1, 0.15) is 11.6 Å². The van der Waals surface area contributed by atoms with Crippen molar-refractivity contribution in [3.05, 3.63) is 24.3 Å². The van der Waals surface area contributed by atoms with Gasteiger partial charge in [-0.2, -0.15) is 10.3 Å². The molecule has 0 aromatic heterocycles. The van der Waals surface area contributed by atoms with E-state index in [2.05, 4.69) is 15.0 Å². The number of nitrogens with zero attached hydrogens (tertiary/aromatic N) is 2. The lowest BCUT2D eigenvalue weighted by Crippen LogP contribution is -2.63. The highest BCUT2D eigenvalue weighted by molar-refractivity contribution is 8.01. The van der Waals surface area contributed by atoms with E-state index in [1.807, 2.05) is 20.0 Å². The smallest absolute Gasteiger partial charge is 0.406 e. The van der Waals surface area contributed by atoms with Gasteiger partial charge in [0.15, 0.2) is 0 Å². The summed E-state index contributed by atoms with van der Waals surface area (Å²) in [6.45, 7) is 3.84. The third kappa shape index (κ3) is 4.93. The number of rotatable bonds is 6. The second-order valence-electron chi connectivity index (χ2n) is 9.98. The number of aliphatic imine (C=N–C) groups is 1. The highest BCUT2D eigenvalue weighted by Gasteiger charge is 2.58. The van der Waals surface area contributed by atoms with Crippen LogP contribution in [0.2, 0.25) is 0 Å². The summed E-state index contributed by atoms with van der Waals surface area (Å²) in [7, 11) is 0. The van der Waals surface area contributed by atoms with Crippen LogP contribution < -0.4 is 15.8 Å². The number of amides is 1. The van der Waals surface area contributed by atoms with Crippen LogP contribution in [0.1, 0.15) is 46.0 Å². The molecule has 0 aliphatic heterocycles. The molecule has 0 spiro atoms. The Kier molecular flexibility index (Phi) is 6.06. The van der Waals surface area contributed by atoms with Crippen LogP contribution in [0, 0.1) is 34.6 Å². The predicted molar refractivity (Wildman–Crippen MR) is 118 cm³/mol. The van der Waals surface area contributed by atoms with E-state index >= 15 is 0 Å². The van der Waals surface area contributed by atoms with Crippen molar-refractivity contribution in [2.75, 3.05) is 0 Å². The number of carbonyl (C=O) groups is 1. The van der Waals surface area contributed by atoms with Crippen LogP contribution in [0.5, 0.6) is 5.75 Å². The van der Waals surface area contributed by atoms with E-state index in [-0.39, 0.29) is 17.7 Å². The number of nitrogens with one attached hydrogen (secondary N) is 1. The van der Waals surface area contributed by atoms with Crippen molar-refractivity contribution in [3.63, 3.8) is 0 Å². The molecule has 6 nitrogen and oxygen atoms in total. The molecule has 1 aromatic carbocycles. The minimum atomic E-state index is -4.74. The van der Waals surface area contributed by atoms with E-state index in [0.29, 0.717) is 23.6 Å². The molecule has 5 rings (SSSR count). The van der Waals surface area contributed by atoms with E-state index in [0.717, 1.165) is 37.0 Å². The topological polar surface area (TPSA) is 100 Å². The first-order valence-electron chi connectivity index (χ1n) is 11.0. The minimum Gasteiger partial charge on any atom is -0.406 e. The Balaban J connectivity index is 1.48. The minimum absolute atomic E-state index is 0.114. The highest BCUT2D eigenvalue weighted by Crippen LogP contribution is 2.60. The van der Waals surface area contributed by atoms with Crippen LogP contribution in [-0.4, -0.2) is 28.9 Å². The van der Waals surface area contributed by atoms with E-state index in [1.165, 1.54) is 23.9 Å². The molecule has 1 aromatic rings. The first-order chi connectivity index (χ1) is 15.4. The largest absolute Gasteiger partial charge is 0.573 e. The number of carbonyl (C=O) groups excluding carboxylic acids is 1. The predicted octanol–water partition coefficient (Wildman–Crippen LogP) is 4.61. The van der Waals surface area contributed by atoms with E-state index < -0.39 is 16.5 Å². The summed E-state index contributed by atoms with van der Waals surface area (Å²) in [5.41, 5.74) is 5.39. The molecular weight excluding hydrogens is 453 g/mol. The van der Waals surface area contributed by atoms with Crippen molar-refractivity contribution in [2.45, 2.75) is 68.0 Å². The van der Waals surface area contributed by atoms with Gasteiger partial charge >= 0.3 is 6.36 Å². The summed E-state index contributed by atoms with van der Waals surface area (Å²) in [5, 5.41) is 12.9. The number of ether oxygens (including phenoxy) is 1. The van der Waals surface area contributed by atoms with Gasteiger partial charge in [-0.05, 0) is 88.0 Å². The summed E-state index contributed by atoms with van der Waals surface area (Å²) >= 11 is 1.40. The monoisotopic (exact) mass is 480 g/mol. The van der Waals surface area contributed by atoms with Gasteiger partial charge in [0, 0.05) is 16.4 Å². The molecule has 0 radical (unpaired) electrons. The summed E-state index contributed by atoms with van der Waals surface area (Å²) in [6.07, 6.45) is 1.64. The summed E-state index contributed by atoms with van der Waals surface area (Å²) in [5.74, 6) is 1.16. The maximum absolute atomic E-state index is 12.4. The second kappa shape index (κ2) is 8.42. The third-order valence-electron chi connectivity index (χ3n) is 7.26. The number of nitriles is 1. The fourth-order valence-corrected chi connectivity index (χ4v) is 7.23. The fraction of sp³-hybridized carbons (Fsp3) is 0.609. The molecule has 4 aliphatic carbocycles. The molecule has 2 atom stereocenters. The molecular formula is C23H27F3N4O2S. The third-order valence-corrected chi connectivity index (χ3v) is 8.47. The van der Waals surface area contributed by atoms with Crippen molar-refractivity contribution in [3.8, 4) is 11.9 Å². The highest BCUT2D eigenvalue weighted by atomic mass is 32.2. The van der Waals surface area contributed by atoms with Gasteiger partial charge in [0.25, 0.3) is 0 Å². The molecule has 10 heteroatoms. The summed E-state index contributed by atoms with van der Waals surface area (Å²) in [6, 6.07) is 5.75. The number of benzene rings is 1. The zero-order valence-corrected chi connectivity index (χ0v) is 19.3. The van der Waals surface area contributed by atoms with Gasteiger partial charge in [-0.25, -0.2) is 0 Å². The molecule has 4 bridgehead atoms. The average Bonchev–Trinajstić information content (AvgIpc) is 2.69. The first kappa shape index (κ1) is 23.7. The van der Waals surface area contributed by atoms with Crippen molar-refractivity contribution in [1.82, 2.24) is 5.32 Å². The molecule has 4 fully saturated rings. The molecule has 0 heterocycles. The number of halogens is 3. The Labute approximate surface area is 195 Å². The molecule has 2 unspecified atom stereocenters. The number of hydrogen-bond acceptors (Lipinski definition) is 5. The first-order valence-corrected chi connectivity index (χ1v) is 11.8. The number of nitrogens with two attached hydrogens (primary N) is 1. The Morgan fingerprint density at radius 2 is 1.82 bits per heavy atom. The van der Waals surface area contributed by atoms with Gasteiger partial charge in [0.05, 0.1) is 4.75 Å². The van der Waals surface area contributed by atoms with Gasteiger partial charge < -0.3 is 15.8 Å². The van der Waals surface area contributed by atoms with Gasteiger partial charge in [-0.15, -0.1) is 24.9 Å². The van der Waals surface area contributed by atoms with E-state index in [9.17, 15) is 23.2 Å². The van der Waals surface area contributed by atoms with Crippen LogP contribution >= 0.6 is 11.8 Å². The zero-order chi connectivity index (χ0) is 24.0. The zero-order valence-electron chi connectivity index (χ0n) is 18.5. The Bertz CT molecular complexity index is 971. The van der Waals surface area contributed by atoms with Crippen molar-refractivity contribution >= 4 is 23.5 Å². The van der Waals surface area contributed by atoms with Crippen molar-refractivity contribution < 1.29 is 22.7 Å². The van der Waals surface area contributed by atoms with Crippen molar-refractivity contribution in [1.29, 1.82) is 5.26 Å². The number of thioether (sulfide) groups is 1. The number of alkyl halides is 3. The van der Waals surface area contributed by atoms with Crippen LogP contribution in [0.3, 0.4) is 0 Å². The average molecular weight is 481 g/mol. The molecule has 33 heavy (non-hydrogen) atoms. The summed E-state index contributed by atoms with van der Waals surface area (Å²) in [4.78, 5) is 17.0. The molecule has 0 saturated heterocycles. The Hall–Kier alpha value is -2.41. The standard InChI is InChI=1S/C23H27F3N4O2S/c1-21(2,33-17-5-3-16(4-6-17)32-23(24,25)26)20(29-12-27)30-18-14-7-13-8-15(18)11-22(9-13,10-14)19(28)31/h3-6,13-15,18H,7-11H2,1-2H3,(H2,28,31)(H,29,30). The van der Waals surface area contributed by atoms with Crippen LogP contribution in [-0.2, 0) is 4.79 Å². The fourth-order valence-electron chi connectivity index (χ4n) is 6.16. The molecule has 178 valence electrons. The van der Waals surface area contributed by atoms with Crippen LogP contribution in [0.25, 0.3) is 0 Å². The van der Waals surface area contributed by atoms with Crippen LogP contribution in [0.4, 0.5) is 13.2 Å². The molecule has 1 amide bonds. The summed E-state index contributed by atoms with van der Waals surface area (Å²) < 4.78 is 40.5. The maximum Gasteiger partial charge on any atom is 0.573 e. The van der Waals surface area contributed by atoms with Gasteiger partial charge in [0.2, 0.25) is 12.1 Å². The second-order valence-corrected chi connectivity index (χ2v) is 11.7.